The highest BCUT2D eigenvalue weighted by Crippen LogP contribution is 2.26. The van der Waals surface area contributed by atoms with Crippen LogP contribution in [-0.4, -0.2) is 23.9 Å². The first-order valence-corrected chi connectivity index (χ1v) is 7.46. The van der Waals surface area contributed by atoms with Crippen molar-refractivity contribution in [1.82, 2.24) is 0 Å². The van der Waals surface area contributed by atoms with E-state index in [9.17, 15) is 5.11 Å². The Bertz CT molecular complexity index is 403. The summed E-state index contributed by atoms with van der Waals surface area (Å²) in [5, 5.41) is 13.4. The Morgan fingerprint density at radius 3 is 2.45 bits per heavy atom. The van der Waals surface area contributed by atoms with Gasteiger partial charge in [0.25, 0.3) is 0 Å². The molecule has 0 saturated carbocycles. The Kier molecular flexibility index (Phi) is 6.65. The summed E-state index contributed by atoms with van der Waals surface area (Å²) < 4.78 is 5.65. The second-order valence-electron chi connectivity index (χ2n) is 5.44. The van der Waals surface area contributed by atoms with Crippen LogP contribution in [0.25, 0.3) is 0 Å². The van der Waals surface area contributed by atoms with Crippen molar-refractivity contribution in [3.63, 3.8) is 0 Å². The van der Waals surface area contributed by atoms with Gasteiger partial charge in [0.2, 0.25) is 0 Å². The Morgan fingerprint density at radius 1 is 1.25 bits per heavy atom. The molecule has 0 spiro atoms. The zero-order valence-electron chi connectivity index (χ0n) is 13.0. The molecule has 4 nitrogen and oxygen atoms in total. The topological polar surface area (TPSA) is 67.5 Å². The van der Waals surface area contributed by atoms with E-state index in [4.69, 9.17) is 10.5 Å². The predicted octanol–water partition coefficient (Wildman–Crippen LogP) is 3.27. The summed E-state index contributed by atoms with van der Waals surface area (Å²) in [6.45, 7) is 8.69. The van der Waals surface area contributed by atoms with Gasteiger partial charge in [-0.25, -0.2) is 0 Å². The average molecular weight is 280 g/mol. The first kappa shape index (κ1) is 16.6. The molecule has 1 atom stereocenters. The normalized spacial score (nSPS) is 12.8. The van der Waals surface area contributed by atoms with Crippen molar-refractivity contribution in [2.75, 3.05) is 17.6 Å². The van der Waals surface area contributed by atoms with Crippen LogP contribution in [0, 0.1) is 5.92 Å². The van der Waals surface area contributed by atoms with Crippen LogP contribution in [0.5, 0.6) is 5.75 Å². The van der Waals surface area contributed by atoms with Crippen LogP contribution < -0.4 is 15.8 Å². The molecule has 0 aromatic heterocycles. The zero-order chi connectivity index (χ0) is 15.1. The van der Waals surface area contributed by atoms with Gasteiger partial charge >= 0.3 is 0 Å². The summed E-state index contributed by atoms with van der Waals surface area (Å²) >= 11 is 0. The second kappa shape index (κ2) is 8.00. The van der Waals surface area contributed by atoms with Crippen molar-refractivity contribution in [3.8, 4) is 5.75 Å². The molecule has 0 fully saturated rings. The second-order valence-corrected chi connectivity index (χ2v) is 5.44. The molecule has 0 aliphatic heterocycles. The number of aliphatic hydroxyl groups excluding tert-OH is 1. The molecule has 0 radical (unpaired) electrons. The fourth-order valence-electron chi connectivity index (χ4n) is 2.22. The third-order valence-corrected chi connectivity index (χ3v) is 3.48. The number of nitrogens with two attached hydrogens (primary N) is 1. The summed E-state index contributed by atoms with van der Waals surface area (Å²) in [6.07, 6.45) is 1.73. The number of rotatable bonds is 8. The molecule has 20 heavy (non-hydrogen) atoms. The largest absolute Gasteiger partial charge is 0.489 e. The number of nitrogen functional groups attached to an aromatic ring is 1. The van der Waals surface area contributed by atoms with E-state index in [1.807, 2.05) is 32.0 Å². The third kappa shape index (κ3) is 4.93. The minimum Gasteiger partial charge on any atom is -0.489 e. The van der Waals surface area contributed by atoms with Crippen molar-refractivity contribution >= 4 is 11.4 Å². The van der Waals surface area contributed by atoms with E-state index in [2.05, 4.69) is 19.2 Å². The number of aliphatic hydroxyl groups is 1. The maximum Gasteiger partial charge on any atom is 0.144 e. The SMILES string of the molecule is CCC(CC)C(O)CNc1ccc(N)c(OC(C)C)c1. The Balaban J connectivity index is 2.64. The molecule has 0 aliphatic rings. The summed E-state index contributed by atoms with van der Waals surface area (Å²) in [4.78, 5) is 0. The summed E-state index contributed by atoms with van der Waals surface area (Å²) in [5.74, 6) is 1.02. The Morgan fingerprint density at radius 2 is 1.90 bits per heavy atom. The maximum atomic E-state index is 10.1. The first-order valence-electron chi connectivity index (χ1n) is 7.46. The lowest BCUT2D eigenvalue weighted by Gasteiger charge is -2.21. The third-order valence-electron chi connectivity index (χ3n) is 3.48. The lowest BCUT2D eigenvalue weighted by atomic mass is 9.96. The molecule has 1 aromatic rings. The molecular formula is C16H28N2O2. The molecule has 4 N–H and O–H groups in total. The van der Waals surface area contributed by atoms with Gasteiger partial charge in [0.15, 0.2) is 0 Å². The number of anilines is 2. The fourth-order valence-corrected chi connectivity index (χ4v) is 2.22. The highest BCUT2D eigenvalue weighted by Gasteiger charge is 2.15. The van der Waals surface area contributed by atoms with Gasteiger partial charge in [-0.05, 0) is 31.9 Å². The van der Waals surface area contributed by atoms with Gasteiger partial charge in [0.1, 0.15) is 5.75 Å². The van der Waals surface area contributed by atoms with Gasteiger partial charge < -0.3 is 20.9 Å². The summed E-state index contributed by atoms with van der Waals surface area (Å²) in [6, 6.07) is 5.61. The van der Waals surface area contributed by atoms with Crippen LogP contribution in [0.2, 0.25) is 0 Å². The molecular weight excluding hydrogens is 252 g/mol. The monoisotopic (exact) mass is 280 g/mol. The van der Waals surface area contributed by atoms with E-state index in [1.54, 1.807) is 0 Å². The Hall–Kier alpha value is -1.42. The van der Waals surface area contributed by atoms with Crippen LogP contribution in [0.15, 0.2) is 18.2 Å². The number of hydrogen-bond donors (Lipinski definition) is 3. The van der Waals surface area contributed by atoms with E-state index in [0.717, 1.165) is 18.5 Å². The van der Waals surface area contributed by atoms with Crippen LogP contribution >= 0.6 is 0 Å². The number of ether oxygens (including phenoxy) is 1. The highest BCUT2D eigenvalue weighted by molar-refractivity contribution is 5.61. The Labute approximate surface area is 122 Å². The predicted molar refractivity (Wildman–Crippen MR) is 85.2 cm³/mol. The molecule has 1 aromatic carbocycles. The molecule has 1 rings (SSSR count). The minimum atomic E-state index is -0.336. The van der Waals surface area contributed by atoms with Crippen LogP contribution in [0.3, 0.4) is 0 Å². The average Bonchev–Trinajstić information content (AvgIpc) is 2.40. The molecule has 0 bridgehead atoms. The quantitative estimate of drug-likeness (QED) is 0.639. The lowest BCUT2D eigenvalue weighted by molar-refractivity contribution is 0.114. The molecule has 0 aliphatic carbocycles. The maximum absolute atomic E-state index is 10.1. The number of hydrogen-bond acceptors (Lipinski definition) is 4. The molecule has 0 amide bonds. The van der Waals surface area contributed by atoms with Gasteiger partial charge in [0.05, 0.1) is 17.9 Å². The molecule has 4 heteroatoms. The van der Waals surface area contributed by atoms with Gasteiger partial charge in [-0.1, -0.05) is 26.7 Å². The van der Waals surface area contributed by atoms with Gasteiger partial charge in [0, 0.05) is 18.3 Å². The molecule has 0 heterocycles. The van der Waals surface area contributed by atoms with Gasteiger partial charge in [-0.3, -0.25) is 0 Å². The summed E-state index contributed by atoms with van der Waals surface area (Å²) in [5.41, 5.74) is 7.43. The van der Waals surface area contributed by atoms with Crippen molar-refractivity contribution in [2.45, 2.75) is 52.7 Å². The molecule has 1 unspecified atom stereocenters. The van der Waals surface area contributed by atoms with Crippen LogP contribution in [0.4, 0.5) is 11.4 Å². The molecule has 114 valence electrons. The smallest absolute Gasteiger partial charge is 0.144 e. The van der Waals surface area contributed by atoms with Crippen molar-refractivity contribution in [1.29, 1.82) is 0 Å². The summed E-state index contributed by atoms with van der Waals surface area (Å²) in [7, 11) is 0. The van der Waals surface area contributed by atoms with E-state index in [1.165, 1.54) is 0 Å². The van der Waals surface area contributed by atoms with Crippen molar-refractivity contribution in [3.05, 3.63) is 18.2 Å². The van der Waals surface area contributed by atoms with Crippen molar-refractivity contribution in [2.24, 2.45) is 5.92 Å². The highest BCUT2D eigenvalue weighted by atomic mass is 16.5. The molecule has 0 saturated heterocycles. The van der Waals surface area contributed by atoms with Gasteiger partial charge in [-0.15, -0.1) is 0 Å². The van der Waals surface area contributed by atoms with E-state index < -0.39 is 0 Å². The standard InChI is InChI=1S/C16H28N2O2/c1-5-12(6-2)15(19)10-18-13-7-8-14(17)16(9-13)20-11(3)4/h7-9,11-12,15,18-19H,5-6,10,17H2,1-4H3. The van der Waals surface area contributed by atoms with E-state index >= 15 is 0 Å². The van der Waals surface area contributed by atoms with E-state index in [-0.39, 0.29) is 12.2 Å². The number of benzene rings is 1. The van der Waals surface area contributed by atoms with E-state index in [0.29, 0.717) is 23.9 Å². The minimum absolute atomic E-state index is 0.0858. The lowest BCUT2D eigenvalue weighted by Crippen LogP contribution is -2.27. The van der Waals surface area contributed by atoms with Crippen LogP contribution in [-0.2, 0) is 0 Å². The van der Waals surface area contributed by atoms with Crippen molar-refractivity contribution < 1.29 is 9.84 Å². The fraction of sp³-hybridized carbons (Fsp3) is 0.625. The zero-order valence-corrected chi connectivity index (χ0v) is 13.0. The first-order chi connectivity index (χ1) is 9.47. The van der Waals surface area contributed by atoms with Gasteiger partial charge in [-0.2, -0.15) is 0 Å². The number of nitrogens with one attached hydrogen (secondary N) is 1. The van der Waals surface area contributed by atoms with Crippen LogP contribution in [0.1, 0.15) is 40.5 Å².